The maximum Gasteiger partial charge on any atom is 0.225 e. The largest absolute Gasteiger partial charge is 0.376 e. The monoisotopic (exact) mass is 298 g/mol. The minimum atomic E-state index is 0.290. The number of nitrogens with zero attached hydrogens (tertiary/aromatic N) is 2. The Labute approximate surface area is 130 Å². The molecule has 1 aliphatic heterocycles. The predicted octanol–water partition coefficient (Wildman–Crippen LogP) is 3.04. The molecule has 116 valence electrons. The summed E-state index contributed by atoms with van der Waals surface area (Å²) in [5.74, 6) is 2.44. The van der Waals surface area contributed by atoms with E-state index in [-0.39, 0.29) is 6.10 Å². The van der Waals surface area contributed by atoms with Crippen molar-refractivity contribution in [2.24, 2.45) is 5.92 Å². The average molecular weight is 298 g/mol. The molecule has 4 rings (SSSR count). The predicted molar refractivity (Wildman–Crippen MR) is 88.2 cm³/mol. The van der Waals surface area contributed by atoms with Gasteiger partial charge in [-0.05, 0) is 43.7 Å². The lowest BCUT2D eigenvalue weighted by Crippen LogP contribution is -2.20. The second-order valence-corrected chi connectivity index (χ2v) is 6.25. The molecule has 2 fully saturated rings. The number of hydrogen-bond donors (Lipinski definition) is 2. The third kappa shape index (κ3) is 3.14. The minimum absolute atomic E-state index is 0.290. The first-order chi connectivity index (χ1) is 10.9. The summed E-state index contributed by atoms with van der Waals surface area (Å²) < 4.78 is 5.65. The van der Waals surface area contributed by atoms with E-state index >= 15 is 0 Å². The van der Waals surface area contributed by atoms with Gasteiger partial charge in [-0.3, -0.25) is 0 Å². The Morgan fingerprint density at radius 1 is 1.05 bits per heavy atom. The molecule has 2 aromatic rings. The zero-order chi connectivity index (χ0) is 14.8. The van der Waals surface area contributed by atoms with Crippen LogP contribution in [0.2, 0.25) is 0 Å². The highest BCUT2D eigenvalue weighted by molar-refractivity contribution is 5.90. The molecule has 5 heteroatoms. The number of para-hydroxylation sites is 1. The highest BCUT2D eigenvalue weighted by Crippen LogP contribution is 2.30. The van der Waals surface area contributed by atoms with Crippen molar-refractivity contribution in [1.29, 1.82) is 0 Å². The normalized spacial score (nSPS) is 21.2. The highest BCUT2D eigenvalue weighted by Gasteiger charge is 2.21. The molecule has 2 aliphatic rings. The quantitative estimate of drug-likeness (QED) is 0.858. The van der Waals surface area contributed by atoms with Crippen molar-refractivity contribution in [2.75, 3.05) is 30.3 Å². The van der Waals surface area contributed by atoms with Crippen molar-refractivity contribution >= 4 is 22.7 Å². The Morgan fingerprint density at radius 2 is 1.95 bits per heavy atom. The summed E-state index contributed by atoms with van der Waals surface area (Å²) >= 11 is 0. The van der Waals surface area contributed by atoms with Gasteiger partial charge in [-0.2, -0.15) is 4.98 Å². The lowest BCUT2D eigenvalue weighted by molar-refractivity contribution is 0.120. The van der Waals surface area contributed by atoms with Gasteiger partial charge < -0.3 is 15.4 Å². The zero-order valence-electron chi connectivity index (χ0n) is 12.7. The molecule has 1 saturated carbocycles. The van der Waals surface area contributed by atoms with E-state index in [0.717, 1.165) is 55.2 Å². The van der Waals surface area contributed by atoms with E-state index in [2.05, 4.69) is 26.7 Å². The zero-order valence-corrected chi connectivity index (χ0v) is 12.7. The Hall–Kier alpha value is -1.88. The number of nitrogens with one attached hydrogen (secondary N) is 2. The molecule has 0 radical (unpaired) electrons. The van der Waals surface area contributed by atoms with E-state index in [1.165, 1.54) is 12.8 Å². The first-order valence-electron chi connectivity index (χ1n) is 8.24. The molecular weight excluding hydrogens is 276 g/mol. The smallest absolute Gasteiger partial charge is 0.225 e. The fourth-order valence-corrected chi connectivity index (χ4v) is 2.86. The summed E-state index contributed by atoms with van der Waals surface area (Å²) in [6, 6.07) is 8.17. The molecule has 0 amide bonds. The van der Waals surface area contributed by atoms with Crippen molar-refractivity contribution in [3.8, 4) is 0 Å². The van der Waals surface area contributed by atoms with E-state index in [4.69, 9.17) is 4.74 Å². The van der Waals surface area contributed by atoms with Gasteiger partial charge in [0.1, 0.15) is 5.82 Å². The van der Waals surface area contributed by atoms with Crippen LogP contribution in [0, 0.1) is 5.92 Å². The number of fused-ring (bicyclic) bond motifs is 1. The summed E-state index contributed by atoms with van der Waals surface area (Å²) in [5, 5.41) is 7.92. The number of benzene rings is 1. The third-order valence-electron chi connectivity index (χ3n) is 4.37. The number of ether oxygens (including phenoxy) is 1. The summed E-state index contributed by atoms with van der Waals surface area (Å²) in [6.07, 6.45) is 5.23. The Morgan fingerprint density at radius 3 is 2.77 bits per heavy atom. The fraction of sp³-hybridized carbons (Fsp3) is 0.529. The second kappa shape index (κ2) is 6.08. The summed E-state index contributed by atoms with van der Waals surface area (Å²) in [7, 11) is 0. The average Bonchev–Trinajstić information content (AvgIpc) is 3.24. The summed E-state index contributed by atoms with van der Waals surface area (Å²) in [4.78, 5) is 9.29. The van der Waals surface area contributed by atoms with Gasteiger partial charge in [0.2, 0.25) is 5.95 Å². The van der Waals surface area contributed by atoms with Gasteiger partial charge in [-0.1, -0.05) is 12.1 Å². The van der Waals surface area contributed by atoms with Gasteiger partial charge in [-0.25, -0.2) is 4.98 Å². The number of rotatable bonds is 6. The lowest BCUT2D eigenvalue weighted by Gasteiger charge is -2.13. The first kappa shape index (κ1) is 13.8. The third-order valence-corrected chi connectivity index (χ3v) is 4.37. The van der Waals surface area contributed by atoms with Crippen LogP contribution < -0.4 is 10.6 Å². The van der Waals surface area contributed by atoms with E-state index in [1.807, 2.05) is 18.2 Å². The van der Waals surface area contributed by atoms with Gasteiger partial charge in [0, 0.05) is 25.1 Å². The molecule has 1 aromatic heterocycles. The number of anilines is 2. The molecule has 1 unspecified atom stereocenters. The Bertz CT molecular complexity index is 650. The standard InChI is InChI=1S/C17H22N4O/c1-2-6-15-14(5-1)16(18-10-12-7-8-12)21-17(20-15)19-11-13-4-3-9-22-13/h1-2,5-6,12-13H,3-4,7-11H2,(H2,18,19,20,21). The lowest BCUT2D eigenvalue weighted by atomic mass is 10.2. The van der Waals surface area contributed by atoms with Crippen LogP contribution in [0.25, 0.3) is 10.9 Å². The van der Waals surface area contributed by atoms with Crippen molar-refractivity contribution in [3.05, 3.63) is 24.3 Å². The summed E-state index contributed by atoms with van der Waals surface area (Å²) in [5.41, 5.74) is 0.977. The second-order valence-electron chi connectivity index (χ2n) is 6.25. The molecule has 2 heterocycles. The number of aromatic nitrogens is 2. The van der Waals surface area contributed by atoms with Gasteiger partial charge in [0.05, 0.1) is 11.6 Å². The fourth-order valence-electron chi connectivity index (χ4n) is 2.86. The number of hydrogen-bond acceptors (Lipinski definition) is 5. The highest BCUT2D eigenvalue weighted by atomic mass is 16.5. The first-order valence-corrected chi connectivity index (χ1v) is 8.24. The summed E-state index contributed by atoms with van der Waals surface area (Å²) in [6.45, 7) is 2.66. The molecule has 0 bridgehead atoms. The molecule has 1 saturated heterocycles. The maximum absolute atomic E-state index is 5.65. The van der Waals surface area contributed by atoms with Gasteiger partial charge in [0.15, 0.2) is 0 Å². The minimum Gasteiger partial charge on any atom is -0.376 e. The van der Waals surface area contributed by atoms with Crippen LogP contribution in [0.3, 0.4) is 0 Å². The SMILES string of the molecule is c1ccc2c(NCC3CC3)nc(NCC3CCCO3)nc2c1. The van der Waals surface area contributed by atoms with Crippen LogP contribution in [0.1, 0.15) is 25.7 Å². The topological polar surface area (TPSA) is 59.1 Å². The van der Waals surface area contributed by atoms with Crippen molar-refractivity contribution in [2.45, 2.75) is 31.8 Å². The molecule has 22 heavy (non-hydrogen) atoms. The molecule has 1 aromatic carbocycles. The van der Waals surface area contributed by atoms with Crippen LogP contribution in [-0.2, 0) is 4.74 Å². The van der Waals surface area contributed by atoms with Gasteiger partial charge in [0.25, 0.3) is 0 Å². The van der Waals surface area contributed by atoms with Crippen LogP contribution in [0.5, 0.6) is 0 Å². The van der Waals surface area contributed by atoms with E-state index in [1.54, 1.807) is 0 Å². The van der Waals surface area contributed by atoms with E-state index < -0.39 is 0 Å². The van der Waals surface area contributed by atoms with Crippen molar-refractivity contribution < 1.29 is 4.74 Å². The molecule has 2 N–H and O–H groups in total. The molecular formula is C17H22N4O. The van der Waals surface area contributed by atoms with Crippen LogP contribution >= 0.6 is 0 Å². The van der Waals surface area contributed by atoms with E-state index in [9.17, 15) is 0 Å². The van der Waals surface area contributed by atoms with Crippen molar-refractivity contribution in [1.82, 2.24) is 9.97 Å². The van der Waals surface area contributed by atoms with Gasteiger partial charge in [-0.15, -0.1) is 0 Å². The Balaban J connectivity index is 1.54. The van der Waals surface area contributed by atoms with Crippen LogP contribution in [-0.4, -0.2) is 35.8 Å². The molecule has 5 nitrogen and oxygen atoms in total. The maximum atomic E-state index is 5.65. The molecule has 1 aliphatic carbocycles. The molecule has 0 spiro atoms. The Kier molecular flexibility index (Phi) is 3.81. The van der Waals surface area contributed by atoms with Gasteiger partial charge >= 0.3 is 0 Å². The van der Waals surface area contributed by atoms with Crippen LogP contribution in [0.15, 0.2) is 24.3 Å². The van der Waals surface area contributed by atoms with E-state index in [0.29, 0.717) is 5.95 Å². The van der Waals surface area contributed by atoms with Crippen LogP contribution in [0.4, 0.5) is 11.8 Å². The van der Waals surface area contributed by atoms with Crippen molar-refractivity contribution in [3.63, 3.8) is 0 Å². The molecule has 1 atom stereocenters.